The lowest BCUT2D eigenvalue weighted by Gasteiger charge is -2.70. The zero-order chi connectivity index (χ0) is 56.5. The lowest BCUT2D eigenvalue weighted by molar-refractivity contribution is -0.378. The maximum atomic E-state index is 11.7. The number of rotatable bonds is 17. The molecule has 23 nitrogen and oxygen atoms in total. The van der Waals surface area contributed by atoms with Gasteiger partial charge in [0.2, 0.25) is 0 Å². The van der Waals surface area contributed by atoms with E-state index < -0.39 is 173 Å². The van der Waals surface area contributed by atoms with Gasteiger partial charge in [-0.15, -0.1) is 0 Å². The molecule has 8 aliphatic rings. The Morgan fingerprint density at radius 1 is 0.519 bits per heavy atom. The lowest BCUT2D eigenvalue weighted by Crippen LogP contribution is -2.67. The predicted molar refractivity (Wildman–Crippen MR) is 266 cm³/mol. The second-order valence-corrected chi connectivity index (χ2v) is 25.5. The highest BCUT2D eigenvalue weighted by Crippen LogP contribution is 2.76. The van der Waals surface area contributed by atoms with Crippen molar-refractivity contribution in [1.82, 2.24) is 0 Å². The fourth-order valence-electron chi connectivity index (χ4n) is 16.3. The number of aliphatic hydroxyl groups is 15. The molecule has 8 rings (SSSR count). The van der Waals surface area contributed by atoms with Crippen molar-refractivity contribution in [2.24, 2.45) is 45.3 Å². The van der Waals surface area contributed by atoms with Crippen molar-refractivity contribution in [3.8, 4) is 0 Å². The van der Waals surface area contributed by atoms with Crippen LogP contribution < -0.4 is 0 Å². The van der Waals surface area contributed by atoms with Crippen LogP contribution in [0.2, 0.25) is 0 Å². The summed E-state index contributed by atoms with van der Waals surface area (Å²) >= 11 is 0. The second-order valence-electron chi connectivity index (χ2n) is 25.5. The van der Waals surface area contributed by atoms with Crippen molar-refractivity contribution in [3.63, 3.8) is 0 Å². The van der Waals surface area contributed by atoms with Crippen molar-refractivity contribution in [2.75, 3.05) is 33.0 Å². The summed E-state index contributed by atoms with van der Waals surface area (Å²) in [4.78, 5) is 0. The van der Waals surface area contributed by atoms with Crippen LogP contribution in [0.15, 0.2) is 11.6 Å². The number of hydrogen-bond donors (Lipinski definition) is 15. The second kappa shape index (κ2) is 23.8. The minimum absolute atomic E-state index is 0.0438. The third kappa shape index (κ3) is 10.9. The van der Waals surface area contributed by atoms with Gasteiger partial charge in [0.05, 0.1) is 44.7 Å². The maximum absolute atomic E-state index is 11.7. The predicted octanol–water partition coefficient (Wildman–Crippen LogP) is -2.20. The minimum atomic E-state index is -1.81. The third-order valence-electron chi connectivity index (χ3n) is 21.0. The molecule has 77 heavy (non-hydrogen) atoms. The molecule has 4 saturated carbocycles. The zero-order valence-electron chi connectivity index (χ0n) is 45.6. The largest absolute Gasteiger partial charge is 0.394 e. The number of aliphatic hydroxyl groups excluding tert-OH is 15. The molecule has 4 aliphatic carbocycles. The topological polar surface area (TPSA) is 377 Å². The summed E-state index contributed by atoms with van der Waals surface area (Å²) in [5, 5.41) is 161. The number of allylic oxidation sites excluding steroid dienone is 2. The van der Waals surface area contributed by atoms with Crippen LogP contribution in [0.1, 0.15) is 113 Å². The van der Waals surface area contributed by atoms with E-state index in [1.165, 1.54) is 0 Å². The minimum Gasteiger partial charge on any atom is -0.394 e. The van der Waals surface area contributed by atoms with Gasteiger partial charge >= 0.3 is 0 Å². The van der Waals surface area contributed by atoms with E-state index in [0.717, 1.165) is 44.1 Å². The van der Waals surface area contributed by atoms with Crippen molar-refractivity contribution >= 4 is 0 Å². The lowest BCUT2D eigenvalue weighted by atomic mass is 9.35. The fraction of sp³-hybridized carbons (Fsp3) is 0.963. The average molecular weight is 1110 g/mol. The number of ether oxygens (including phenoxy) is 8. The molecule has 0 amide bonds. The molecule has 446 valence electrons. The van der Waals surface area contributed by atoms with Gasteiger partial charge in [-0.25, -0.2) is 0 Å². The van der Waals surface area contributed by atoms with Crippen LogP contribution in [0.25, 0.3) is 0 Å². The Morgan fingerprint density at radius 2 is 1.04 bits per heavy atom. The first-order valence-corrected chi connectivity index (χ1v) is 28.0. The Labute approximate surface area is 450 Å². The van der Waals surface area contributed by atoms with Gasteiger partial charge in [0.15, 0.2) is 25.2 Å². The van der Waals surface area contributed by atoms with Gasteiger partial charge in [-0.2, -0.15) is 0 Å². The molecule has 29 atom stereocenters. The summed E-state index contributed by atoms with van der Waals surface area (Å²) < 4.78 is 48.9. The van der Waals surface area contributed by atoms with E-state index in [4.69, 9.17) is 37.9 Å². The quantitative estimate of drug-likeness (QED) is 0.0543. The van der Waals surface area contributed by atoms with Crippen LogP contribution in [0.4, 0.5) is 0 Å². The highest BCUT2D eigenvalue weighted by molar-refractivity contribution is 5.19. The summed E-state index contributed by atoms with van der Waals surface area (Å²) in [5.74, 6) is 0.177. The van der Waals surface area contributed by atoms with E-state index in [1.54, 1.807) is 0 Å². The van der Waals surface area contributed by atoms with Crippen molar-refractivity contribution in [3.05, 3.63) is 11.6 Å². The standard InChI is InChI=1S/C54H92O23/c1-24(2)9-8-15-54(23-58,77-48-44(69)40(65)37(62)30(74-48)22-70-46-42(67)38(63)34(59)27(19-55)71-46)26-12-17-52(6)25(26)10-11-32-51(5)16-14-33(50(3,4)31(51)13-18-53(32,52)7)75-49-45(41(66)36(61)29(21-57)73-49)76-47-43(68)39(64)35(60)28(20-56)72-47/h9,25-49,55-69H,8,10-23H2,1-7H3/t25-,26+,27-,28-,29-,30-,31+,32-,33?,34-,35-,36-,37-,38+,39+,40+,41+,42-,43-,44-,45-,46-,47+,48+,49+,51+,52-,53-,54-/m1/s1. The Hall–Kier alpha value is -1.18. The molecular formula is C54H92O23. The van der Waals surface area contributed by atoms with Gasteiger partial charge in [0, 0.05) is 0 Å². The SMILES string of the molecule is CC(C)=CCC[C@](CO)(O[C@@H]1O[C@H](CO[C@@H]2O[C@H](CO)[C@@H](O)[C@H](O)[C@H]2O)[C@@H](O)[C@H](O)[C@H]1O)[C@H]1CC[C@]2(C)[C@@H]1CC[C@@H]1[C@@]3(C)CCC(O[C@@H]4O[C@H](CO)[C@@H](O)[C@H](O)[C@H]4O[C@@H]4O[C@H](CO)[C@@H](O)[C@H](O)[C@H]4O)C(C)(C)[C@@H]3CC[C@]12C. The molecule has 0 radical (unpaired) electrons. The summed E-state index contributed by atoms with van der Waals surface area (Å²) in [7, 11) is 0. The molecule has 23 heteroatoms. The fourth-order valence-corrected chi connectivity index (χ4v) is 16.3. The van der Waals surface area contributed by atoms with E-state index in [9.17, 15) is 76.6 Å². The van der Waals surface area contributed by atoms with E-state index >= 15 is 0 Å². The van der Waals surface area contributed by atoms with Gasteiger partial charge in [-0.05, 0) is 123 Å². The highest BCUT2D eigenvalue weighted by atomic mass is 16.8. The zero-order valence-corrected chi connectivity index (χ0v) is 45.6. The smallest absolute Gasteiger partial charge is 0.187 e. The van der Waals surface area contributed by atoms with Crippen LogP contribution in [0, 0.1) is 45.3 Å². The highest BCUT2D eigenvalue weighted by Gasteiger charge is 2.71. The molecule has 0 aromatic heterocycles. The molecule has 4 heterocycles. The Bertz CT molecular complexity index is 1980. The van der Waals surface area contributed by atoms with E-state index in [2.05, 4.69) is 40.7 Å². The van der Waals surface area contributed by atoms with Gasteiger partial charge in [-0.1, -0.05) is 46.3 Å². The molecule has 1 unspecified atom stereocenters. The summed E-state index contributed by atoms with van der Waals surface area (Å²) in [6.45, 7) is 12.4. The summed E-state index contributed by atoms with van der Waals surface area (Å²) in [5.41, 5.74) is -1.39. The molecule has 0 aromatic carbocycles. The monoisotopic (exact) mass is 1110 g/mol. The van der Waals surface area contributed by atoms with Gasteiger partial charge in [-0.3, -0.25) is 0 Å². The molecule has 0 spiro atoms. The van der Waals surface area contributed by atoms with E-state index in [1.807, 2.05) is 13.8 Å². The first-order chi connectivity index (χ1) is 36.2. The molecule has 4 aliphatic heterocycles. The van der Waals surface area contributed by atoms with Crippen molar-refractivity contribution in [1.29, 1.82) is 0 Å². The Morgan fingerprint density at radius 3 is 1.62 bits per heavy atom. The van der Waals surface area contributed by atoms with Crippen molar-refractivity contribution in [2.45, 2.75) is 247 Å². The maximum Gasteiger partial charge on any atom is 0.187 e. The summed E-state index contributed by atoms with van der Waals surface area (Å²) in [6, 6.07) is 0. The molecule has 8 fully saturated rings. The van der Waals surface area contributed by atoms with Crippen LogP contribution in [-0.4, -0.2) is 244 Å². The van der Waals surface area contributed by atoms with E-state index in [-0.39, 0.29) is 39.9 Å². The summed E-state index contributed by atoms with van der Waals surface area (Å²) in [6.07, 6.45) is -23.1. The molecule has 15 N–H and O–H groups in total. The van der Waals surface area contributed by atoms with Gasteiger partial charge in [0.25, 0.3) is 0 Å². The third-order valence-corrected chi connectivity index (χ3v) is 21.0. The van der Waals surface area contributed by atoms with Crippen LogP contribution >= 0.6 is 0 Å². The van der Waals surface area contributed by atoms with Crippen LogP contribution in [0.5, 0.6) is 0 Å². The van der Waals surface area contributed by atoms with Crippen molar-refractivity contribution < 1.29 is 114 Å². The Balaban J connectivity index is 1.01. The Kier molecular flexibility index (Phi) is 19.1. The molecule has 0 bridgehead atoms. The normalized spacial score (nSPS) is 51.7. The molecule has 4 saturated heterocycles. The van der Waals surface area contributed by atoms with Gasteiger partial charge in [0.1, 0.15) is 97.7 Å². The van der Waals surface area contributed by atoms with Gasteiger partial charge < -0.3 is 114 Å². The molecular weight excluding hydrogens is 1020 g/mol. The van der Waals surface area contributed by atoms with Crippen LogP contribution in [0.3, 0.4) is 0 Å². The number of hydrogen-bond acceptors (Lipinski definition) is 23. The molecule has 0 aromatic rings. The average Bonchev–Trinajstić information content (AvgIpc) is 3.98. The van der Waals surface area contributed by atoms with Crippen LogP contribution in [-0.2, 0) is 37.9 Å². The first-order valence-electron chi connectivity index (χ1n) is 28.0. The van der Waals surface area contributed by atoms with E-state index in [0.29, 0.717) is 25.7 Å². The first kappa shape index (κ1) is 61.9. The number of fused-ring (bicyclic) bond motifs is 5.